The second-order valence-electron chi connectivity index (χ2n) is 5.53. The number of nitrogens with zero attached hydrogens (tertiary/aromatic N) is 2. The summed E-state index contributed by atoms with van der Waals surface area (Å²) in [4.78, 5) is 4.55. The van der Waals surface area contributed by atoms with Gasteiger partial charge in [0.05, 0.1) is 25.6 Å². The Labute approximate surface area is 157 Å². The quantitative estimate of drug-likeness (QED) is 0.447. The molecule has 0 fully saturated rings. The molecule has 3 aromatic rings. The zero-order valence-electron chi connectivity index (χ0n) is 14.8. The van der Waals surface area contributed by atoms with Crippen LogP contribution in [0.25, 0.3) is 11.3 Å². The van der Waals surface area contributed by atoms with Crippen molar-refractivity contribution < 1.29 is 9.47 Å². The monoisotopic (exact) mass is 367 g/mol. The maximum Gasteiger partial charge on any atom is 0.203 e. The SMILES string of the molecule is CCCOc1cc(C=NNc2nc(-c3ccccc3)cs2)ccc1OC. The van der Waals surface area contributed by atoms with E-state index in [9.17, 15) is 0 Å². The van der Waals surface area contributed by atoms with Gasteiger partial charge in [-0.15, -0.1) is 11.3 Å². The van der Waals surface area contributed by atoms with Crippen LogP contribution in [0.3, 0.4) is 0 Å². The minimum atomic E-state index is 0.649. The van der Waals surface area contributed by atoms with Gasteiger partial charge in [-0.3, -0.25) is 5.43 Å². The van der Waals surface area contributed by atoms with Crippen molar-refractivity contribution >= 4 is 22.7 Å². The van der Waals surface area contributed by atoms with Crippen LogP contribution in [-0.2, 0) is 0 Å². The number of aromatic nitrogens is 1. The van der Waals surface area contributed by atoms with Gasteiger partial charge in [0.15, 0.2) is 11.5 Å². The largest absolute Gasteiger partial charge is 0.493 e. The molecule has 3 rings (SSSR count). The Bertz CT molecular complexity index is 863. The number of hydrogen-bond donors (Lipinski definition) is 1. The van der Waals surface area contributed by atoms with E-state index in [-0.39, 0.29) is 0 Å². The van der Waals surface area contributed by atoms with E-state index in [0.717, 1.165) is 39.9 Å². The zero-order chi connectivity index (χ0) is 18.2. The molecule has 26 heavy (non-hydrogen) atoms. The Kier molecular flexibility index (Phi) is 6.22. The van der Waals surface area contributed by atoms with Crippen LogP contribution in [-0.4, -0.2) is 24.9 Å². The molecule has 0 saturated carbocycles. The first-order valence-corrected chi connectivity index (χ1v) is 9.29. The van der Waals surface area contributed by atoms with Gasteiger partial charge in [-0.2, -0.15) is 5.10 Å². The van der Waals surface area contributed by atoms with E-state index in [0.29, 0.717) is 6.61 Å². The van der Waals surface area contributed by atoms with Crippen LogP contribution in [0.1, 0.15) is 18.9 Å². The maximum atomic E-state index is 5.72. The number of hydrogen-bond acceptors (Lipinski definition) is 6. The number of hydrazone groups is 1. The van der Waals surface area contributed by atoms with E-state index >= 15 is 0 Å². The van der Waals surface area contributed by atoms with E-state index in [1.807, 2.05) is 53.9 Å². The smallest absolute Gasteiger partial charge is 0.203 e. The Morgan fingerprint density at radius 1 is 1.15 bits per heavy atom. The summed E-state index contributed by atoms with van der Waals surface area (Å²) < 4.78 is 11.0. The lowest BCUT2D eigenvalue weighted by molar-refractivity contribution is 0.294. The lowest BCUT2D eigenvalue weighted by Gasteiger charge is -2.10. The minimum Gasteiger partial charge on any atom is -0.493 e. The van der Waals surface area contributed by atoms with Gasteiger partial charge in [-0.1, -0.05) is 37.3 Å². The highest BCUT2D eigenvalue weighted by Crippen LogP contribution is 2.28. The molecule has 0 aliphatic rings. The summed E-state index contributed by atoms with van der Waals surface area (Å²) in [6, 6.07) is 15.8. The van der Waals surface area contributed by atoms with Crippen molar-refractivity contribution in [2.75, 3.05) is 19.1 Å². The molecule has 6 heteroatoms. The minimum absolute atomic E-state index is 0.649. The van der Waals surface area contributed by atoms with Gasteiger partial charge in [-0.25, -0.2) is 4.98 Å². The van der Waals surface area contributed by atoms with Gasteiger partial charge in [0.2, 0.25) is 5.13 Å². The lowest BCUT2D eigenvalue weighted by atomic mass is 10.2. The highest BCUT2D eigenvalue weighted by atomic mass is 32.1. The highest BCUT2D eigenvalue weighted by Gasteiger charge is 2.05. The number of thiazole rings is 1. The molecular formula is C20H21N3O2S. The van der Waals surface area contributed by atoms with Gasteiger partial charge >= 0.3 is 0 Å². The Morgan fingerprint density at radius 2 is 2.00 bits per heavy atom. The molecule has 2 aromatic carbocycles. The van der Waals surface area contributed by atoms with E-state index < -0.39 is 0 Å². The van der Waals surface area contributed by atoms with Crippen molar-refractivity contribution in [1.82, 2.24) is 4.98 Å². The van der Waals surface area contributed by atoms with E-state index in [1.165, 1.54) is 11.3 Å². The predicted molar refractivity (Wildman–Crippen MR) is 108 cm³/mol. The Morgan fingerprint density at radius 3 is 2.77 bits per heavy atom. The summed E-state index contributed by atoms with van der Waals surface area (Å²) in [6.45, 7) is 2.72. The van der Waals surface area contributed by atoms with Crippen molar-refractivity contribution in [3.05, 3.63) is 59.5 Å². The van der Waals surface area contributed by atoms with E-state index in [1.54, 1.807) is 13.3 Å². The number of rotatable bonds is 8. The van der Waals surface area contributed by atoms with Crippen molar-refractivity contribution in [3.63, 3.8) is 0 Å². The van der Waals surface area contributed by atoms with Crippen molar-refractivity contribution in [3.8, 4) is 22.8 Å². The fourth-order valence-corrected chi connectivity index (χ4v) is 3.00. The molecule has 0 aliphatic carbocycles. The molecule has 0 bridgehead atoms. The predicted octanol–water partition coefficient (Wildman–Crippen LogP) is 5.05. The van der Waals surface area contributed by atoms with Gasteiger partial charge in [0.1, 0.15) is 0 Å². The lowest BCUT2D eigenvalue weighted by Crippen LogP contribution is -1.99. The Balaban J connectivity index is 1.66. The molecule has 1 aromatic heterocycles. The third kappa shape index (κ3) is 4.61. The molecule has 0 unspecified atom stereocenters. The molecule has 1 N–H and O–H groups in total. The molecule has 0 spiro atoms. The van der Waals surface area contributed by atoms with Crippen LogP contribution in [0.5, 0.6) is 11.5 Å². The first kappa shape index (κ1) is 17.9. The van der Waals surface area contributed by atoms with Crippen LogP contribution in [0.2, 0.25) is 0 Å². The van der Waals surface area contributed by atoms with Gasteiger partial charge in [-0.05, 0) is 30.2 Å². The van der Waals surface area contributed by atoms with E-state index in [4.69, 9.17) is 9.47 Å². The summed E-state index contributed by atoms with van der Waals surface area (Å²) in [5, 5.41) is 7.03. The third-order valence-corrected chi connectivity index (χ3v) is 4.34. The molecule has 0 atom stereocenters. The van der Waals surface area contributed by atoms with Crippen molar-refractivity contribution in [2.24, 2.45) is 5.10 Å². The normalized spacial score (nSPS) is 10.8. The van der Waals surface area contributed by atoms with Gasteiger partial charge < -0.3 is 9.47 Å². The molecule has 0 amide bonds. The van der Waals surface area contributed by atoms with Crippen LogP contribution < -0.4 is 14.9 Å². The number of methoxy groups -OCH3 is 1. The molecule has 0 radical (unpaired) electrons. The average molecular weight is 367 g/mol. The van der Waals surface area contributed by atoms with Gasteiger partial charge in [0.25, 0.3) is 0 Å². The zero-order valence-corrected chi connectivity index (χ0v) is 15.6. The summed E-state index contributed by atoms with van der Waals surface area (Å²) in [7, 11) is 1.64. The van der Waals surface area contributed by atoms with Crippen molar-refractivity contribution in [2.45, 2.75) is 13.3 Å². The fraction of sp³-hybridized carbons (Fsp3) is 0.200. The summed E-state index contributed by atoms with van der Waals surface area (Å²) in [5.74, 6) is 1.44. The second-order valence-corrected chi connectivity index (χ2v) is 6.39. The number of nitrogens with one attached hydrogen (secondary N) is 1. The summed E-state index contributed by atoms with van der Waals surface area (Å²) in [5.41, 5.74) is 5.93. The van der Waals surface area contributed by atoms with Crippen LogP contribution in [0.15, 0.2) is 59.0 Å². The topological polar surface area (TPSA) is 55.7 Å². The summed E-state index contributed by atoms with van der Waals surface area (Å²) in [6.07, 6.45) is 2.68. The standard InChI is InChI=1S/C20H21N3O2S/c1-3-11-25-19-12-15(9-10-18(19)24-2)13-21-23-20-22-17(14-26-20)16-7-5-4-6-8-16/h4-10,12-14H,3,11H2,1-2H3,(H,22,23). The molecule has 0 saturated heterocycles. The molecular weight excluding hydrogens is 346 g/mol. The molecule has 5 nitrogen and oxygen atoms in total. The second kappa shape index (κ2) is 9.01. The molecule has 134 valence electrons. The third-order valence-electron chi connectivity index (χ3n) is 3.60. The first-order chi connectivity index (χ1) is 12.8. The molecule has 1 heterocycles. The summed E-state index contributed by atoms with van der Waals surface area (Å²) >= 11 is 1.52. The van der Waals surface area contributed by atoms with Crippen LogP contribution >= 0.6 is 11.3 Å². The number of benzene rings is 2. The van der Waals surface area contributed by atoms with E-state index in [2.05, 4.69) is 22.4 Å². The van der Waals surface area contributed by atoms with Crippen LogP contribution in [0.4, 0.5) is 5.13 Å². The average Bonchev–Trinajstić information content (AvgIpc) is 3.16. The number of ether oxygens (including phenoxy) is 2. The highest BCUT2D eigenvalue weighted by molar-refractivity contribution is 7.14. The maximum absolute atomic E-state index is 5.72. The van der Waals surface area contributed by atoms with Crippen LogP contribution in [0, 0.1) is 0 Å². The van der Waals surface area contributed by atoms with Gasteiger partial charge in [0, 0.05) is 10.9 Å². The first-order valence-electron chi connectivity index (χ1n) is 8.41. The van der Waals surface area contributed by atoms with Crippen molar-refractivity contribution in [1.29, 1.82) is 0 Å². The molecule has 0 aliphatic heterocycles. The Hall–Kier alpha value is -2.86. The number of anilines is 1. The fourth-order valence-electron chi connectivity index (χ4n) is 2.33.